The highest BCUT2D eigenvalue weighted by molar-refractivity contribution is 6.02. The number of pyridine rings is 1. The fourth-order valence-corrected chi connectivity index (χ4v) is 4.09. The molecular formula is C19H18F3N7. The van der Waals surface area contributed by atoms with Gasteiger partial charge in [-0.3, -0.25) is 9.88 Å². The lowest BCUT2D eigenvalue weighted by molar-refractivity contribution is -0.0202. The minimum absolute atomic E-state index is 0.154. The number of imidazole rings is 1. The molecule has 1 aliphatic heterocycles. The van der Waals surface area contributed by atoms with Crippen LogP contribution in [0.1, 0.15) is 17.6 Å². The Labute approximate surface area is 163 Å². The summed E-state index contributed by atoms with van der Waals surface area (Å²) >= 11 is 0. The fraction of sp³-hybridized carbons (Fsp3) is 0.368. The Morgan fingerprint density at radius 1 is 1.24 bits per heavy atom. The van der Waals surface area contributed by atoms with Crippen LogP contribution < -0.4 is 0 Å². The summed E-state index contributed by atoms with van der Waals surface area (Å²) in [5.74, 6) is -3.01. The van der Waals surface area contributed by atoms with Gasteiger partial charge in [0.2, 0.25) is 0 Å². The van der Waals surface area contributed by atoms with Gasteiger partial charge >= 0.3 is 0 Å². The van der Waals surface area contributed by atoms with Crippen LogP contribution in [-0.4, -0.2) is 60.5 Å². The third-order valence-corrected chi connectivity index (χ3v) is 5.27. The SMILES string of the molecule is Cc1cn(Cc2nc3cnc4ccc(F)cc4c3n2C2CN(C)CC2(F)F)nn1. The number of aromatic nitrogens is 6. The normalized spacial score (nSPS) is 19.6. The van der Waals surface area contributed by atoms with Gasteiger partial charge in [-0.2, -0.15) is 0 Å². The number of likely N-dealkylation sites (N-methyl/N-ethyl adjacent to an activating group) is 1. The van der Waals surface area contributed by atoms with Crippen molar-refractivity contribution in [1.29, 1.82) is 0 Å². The summed E-state index contributed by atoms with van der Waals surface area (Å²) in [7, 11) is 1.66. The van der Waals surface area contributed by atoms with E-state index in [4.69, 9.17) is 0 Å². The van der Waals surface area contributed by atoms with Crippen molar-refractivity contribution >= 4 is 21.9 Å². The Morgan fingerprint density at radius 2 is 2.07 bits per heavy atom. The van der Waals surface area contributed by atoms with Crippen molar-refractivity contribution in [2.24, 2.45) is 0 Å². The summed E-state index contributed by atoms with van der Waals surface area (Å²) in [5, 5.41) is 8.43. The van der Waals surface area contributed by atoms with Crippen LogP contribution in [0.15, 0.2) is 30.6 Å². The summed E-state index contributed by atoms with van der Waals surface area (Å²) in [6.45, 7) is 1.77. The summed E-state index contributed by atoms with van der Waals surface area (Å²) in [4.78, 5) is 10.5. The van der Waals surface area contributed by atoms with Crippen LogP contribution in [0.4, 0.5) is 13.2 Å². The number of fused-ring (bicyclic) bond motifs is 3. The summed E-state index contributed by atoms with van der Waals surface area (Å²) in [5.41, 5.74) is 2.15. The zero-order valence-corrected chi connectivity index (χ0v) is 15.8. The van der Waals surface area contributed by atoms with E-state index >= 15 is 0 Å². The molecule has 0 N–H and O–H groups in total. The molecule has 0 aliphatic carbocycles. The highest BCUT2D eigenvalue weighted by Crippen LogP contribution is 2.40. The van der Waals surface area contributed by atoms with Gasteiger partial charge in [-0.05, 0) is 32.2 Å². The van der Waals surface area contributed by atoms with Crippen LogP contribution in [0.25, 0.3) is 21.9 Å². The standard InChI is InChI=1S/C19H18F3N7/c1-11-7-28(26-25-11)9-17-24-15-6-23-14-4-3-12(20)5-13(14)18(15)29(17)16-8-27(2)10-19(16,21)22/h3-7,16H,8-10H2,1-2H3. The van der Waals surface area contributed by atoms with Crippen LogP contribution in [0, 0.1) is 12.7 Å². The van der Waals surface area contributed by atoms with E-state index in [-0.39, 0.29) is 19.6 Å². The molecule has 7 nitrogen and oxygen atoms in total. The molecule has 29 heavy (non-hydrogen) atoms. The van der Waals surface area contributed by atoms with Gasteiger partial charge in [-0.1, -0.05) is 5.21 Å². The number of aryl methyl sites for hydroxylation is 1. The monoisotopic (exact) mass is 401 g/mol. The summed E-state index contributed by atoms with van der Waals surface area (Å²) in [6.07, 6.45) is 3.26. The van der Waals surface area contributed by atoms with E-state index in [1.165, 1.54) is 12.1 Å². The first kappa shape index (κ1) is 18.0. The first-order valence-electron chi connectivity index (χ1n) is 9.20. The lowest BCUT2D eigenvalue weighted by Crippen LogP contribution is -2.31. The van der Waals surface area contributed by atoms with Gasteiger partial charge < -0.3 is 4.57 Å². The predicted molar refractivity (Wildman–Crippen MR) is 100 cm³/mol. The van der Waals surface area contributed by atoms with E-state index in [1.807, 2.05) is 0 Å². The molecule has 0 bridgehead atoms. The van der Waals surface area contributed by atoms with Gasteiger partial charge in [0.05, 0.1) is 29.5 Å². The number of hydrogen-bond donors (Lipinski definition) is 0. The average Bonchev–Trinajstić information content (AvgIpc) is 3.29. The molecule has 5 rings (SSSR count). The van der Waals surface area contributed by atoms with Gasteiger partial charge in [0.1, 0.15) is 29.7 Å². The molecule has 0 radical (unpaired) electrons. The van der Waals surface area contributed by atoms with E-state index in [0.29, 0.717) is 33.5 Å². The van der Waals surface area contributed by atoms with Crippen LogP contribution in [-0.2, 0) is 6.54 Å². The minimum Gasteiger partial charge on any atom is -0.315 e. The van der Waals surface area contributed by atoms with Crippen molar-refractivity contribution in [2.45, 2.75) is 25.4 Å². The first-order chi connectivity index (χ1) is 13.8. The maximum Gasteiger partial charge on any atom is 0.282 e. The molecule has 4 aromatic rings. The lowest BCUT2D eigenvalue weighted by Gasteiger charge is -2.22. The van der Waals surface area contributed by atoms with E-state index < -0.39 is 17.8 Å². The molecular weight excluding hydrogens is 383 g/mol. The Balaban J connectivity index is 1.79. The molecule has 4 heterocycles. The fourth-order valence-electron chi connectivity index (χ4n) is 4.09. The van der Waals surface area contributed by atoms with Crippen molar-refractivity contribution in [3.63, 3.8) is 0 Å². The Bertz CT molecular complexity index is 1230. The third-order valence-electron chi connectivity index (χ3n) is 5.27. The van der Waals surface area contributed by atoms with E-state index in [1.54, 1.807) is 46.6 Å². The average molecular weight is 401 g/mol. The molecule has 10 heteroatoms. The molecule has 0 spiro atoms. The third kappa shape index (κ3) is 2.94. The van der Waals surface area contributed by atoms with Gasteiger partial charge in [-0.25, -0.2) is 22.8 Å². The van der Waals surface area contributed by atoms with E-state index in [0.717, 1.165) is 0 Å². The molecule has 1 aliphatic rings. The highest BCUT2D eigenvalue weighted by Gasteiger charge is 2.49. The molecule has 1 saturated heterocycles. The first-order valence-corrected chi connectivity index (χ1v) is 9.20. The number of hydrogen-bond acceptors (Lipinski definition) is 5. The molecule has 1 fully saturated rings. The largest absolute Gasteiger partial charge is 0.315 e. The predicted octanol–water partition coefficient (Wildman–Crippen LogP) is 2.79. The molecule has 0 amide bonds. The van der Waals surface area contributed by atoms with Crippen molar-refractivity contribution in [1.82, 2.24) is 34.4 Å². The molecule has 0 saturated carbocycles. The van der Waals surface area contributed by atoms with Crippen molar-refractivity contribution in [3.05, 3.63) is 47.9 Å². The number of likely N-dealkylation sites (tertiary alicyclic amines) is 1. The van der Waals surface area contributed by atoms with Gasteiger partial charge in [0.15, 0.2) is 0 Å². The minimum atomic E-state index is -2.96. The van der Waals surface area contributed by atoms with Crippen LogP contribution in [0.5, 0.6) is 0 Å². The molecule has 150 valence electrons. The maximum absolute atomic E-state index is 14.9. The maximum atomic E-state index is 14.9. The summed E-state index contributed by atoms with van der Waals surface area (Å²) in [6, 6.07) is 3.04. The second-order valence-corrected chi connectivity index (χ2v) is 7.58. The number of rotatable bonds is 3. The van der Waals surface area contributed by atoms with Crippen LogP contribution in [0.2, 0.25) is 0 Å². The second kappa shape index (κ2) is 6.24. The molecule has 3 aromatic heterocycles. The van der Waals surface area contributed by atoms with Crippen LogP contribution in [0.3, 0.4) is 0 Å². The number of nitrogens with zero attached hydrogens (tertiary/aromatic N) is 7. The number of benzene rings is 1. The van der Waals surface area contributed by atoms with Crippen molar-refractivity contribution in [2.75, 3.05) is 20.1 Å². The number of halogens is 3. The van der Waals surface area contributed by atoms with E-state index in [2.05, 4.69) is 20.3 Å². The van der Waals surface area contributed by atoms with Gasteiger partial charge in [-0.15, -0.1) is 5.10 Å². The second-order valence-electron chi connectivity index (χ2n) is 7.58. The van der Waals surface area contributed by atoms with Gasteiger partial charge in [0, 0.05) is 18.1 Å². The van der Waals surface area contributed by atoms with Crippen LogP contribution >= 0.6 is 0 Å². The summed E-state index contributed by atoms with van der Waals surface area (Å²) < 4.78 is 47.0. The van der Waals surface area contributed by atoms with Gasteiger partial charge in [0.25, 0.3) is 5.92 Å². The topological polar surface area (TPSA) is 64.7 Å². The lowest BCUT2D eigenvalue weighted by atomic mass is 10.1. The Kier molecular flexibility index (Phi) is 3.89. The zero-order valence-electron chi connectivity index (χ0n) is 15.8. The van der Waals surface area contributed by atoms with Crippen molar-refractivity contribution < 1.29 is 13.2 Å². The molecule has 1 aromatic carbocycles. The molecule has 1 unspecified atom stereocenters. The highest BCUT2D eigenvalue weighted by atomic mass is 19.3. The number of alkyl halides is 2. The van der Waals surface area contributed by atoms with Crippen molar-refractivity contribution in [3.8, 4) is 0 Å². The zero-order chi connectivity index (χ0) is 20.3. The quantitative estimate of drug-likeness (QED) is 0.528. The Hall–Kier alpha value is -3.01. The smallest absolute Gasteiger partial charge is 0.282 e. The Morgan fingerprint density at radius 3 is 2.76 bits per heavy atom. The molecule has 1 atom stereocenters. The van der Waals surface area contributed by atoms with E-state index in [9.17, 15) is 13.2 Å².